The SMILES string of the molecule is Cn1cc(-n2c(-c3cn(CCCNCC(F)(F)F)c4ccccc34)c(C#N)[nH]c2=O)c2ccccc21. The van der Waals surface area contributed by atoms with Crippen molar-refractivity contribution >= 4 is 21.8 Å². The maximum atomic E-state index is 13.2. The molecule has 0 saturated heterocycles. The molecule has 0 radical (unpaired) electrons. The fourth-order valence-electron chi connectivity index (χ4n) is 4.72. The van der Waals surface area contributed by atoms with Gasteiger partial charge in [0.05, 0.1) is 17.9 Å². The van der Waals surface area contributed by atoms with Crippen molar-refractivity contribution in [2.24, 2.45) is 7.05 Å². The Labute approximate surface area is 204 Å². The first-order chi connectivity index (χ1) is 17.3. The summed E-state index contributed by atoms with van der Waals surface area (Å²) in [6.07, 6.45) is -0.0568. The highest BCUT2D eigenvalue weighted by atomic mass is 19.4. The molecule has 2 N–H and O–H groups in total. The molecule has 7 nitrogen and oxygen atoms in total. The summed E-state index contributed by atoms with van der Waals surface area (Å²) in [7, 11) is 1.90. The zero-order valence-electron chi connectivity index (χ0n) is 19.4. The van der Waals surface area contributed by atoms with E-state index >= 15 is 0 Å². The van der Waals surface area contributed by atoms with Gasteiger partial charge in [0.2, 0.25) is 0 Å². The van der Waals surface area contributed by atoms with E-state index in [0.29, 0.717) is 29.9 Å². The minimum absolute atomic E-state index is 0.141. The highest BCUT2D eigenvalue weighted by Gasteiger charge is 2.26. The smallest absolute Gasteiger partial charge is 0.348 e. The number of aromatic amines is 1. The predicted molar refractivity (Wildman–Crippen MR) is 132 cm³/mol. The minimum Gasteiger partial charge on any atom is -0.348 e. The molecule has 0 bridgehead atoms. The number of halogens is 3. The number of nitriles is 1. The van der Waals surface area contributed by atoms with E-state index < -0.39 is 18.4 Å². The number of rotatable bonds is 7. The fourth-order valence-corrected chi connectivity index (χ4v) is 4.72. The third kappa shape index (κ3) is 4.18. The third-order valence-corrected chi connectivity index (χ3v) is 6.25. The van der Waals surface area contributed by atoms with Gasteiger partial charge >= 0.3 is 11.9 Å². The van der Waals surface area contributed by atoms with E-state index in [0.717, 1.165) is 21.8 Å². The van der Waals surface area contributed by atoms with Crippen molar-refractivity contribution in [3.8, 4) is 23.0 Å². The van der Waals surface area contributed by atoms with Gasteiger partial charge in [-0.05, 0) is 25.1 Å². The van der Waals surface area contributed by atoms with Crippen LogP contribution in [0.3, 0.4) is 0 Å². The molecule has 36 heavy (non-hydrogen) atoms. The molecule has 0 aliphatic heterocycles. The van der Waals surface area contributed by atoms with Crippen molar-refractivity contribution < 1.29 is 13.2 Å². The van der Waals surface area contributed by atoms with E-state index in [1.807, 2.05) is 77.1 Å². The van der Waals surface area contributed by atoms with Gasteiger partial charge in [-0.15, -0.1) is 0 Å². The Bertz CT molecular complexity index is 1660. The second-order valence-electron chi connectivity index (χ2n) is 8.64. The van der Waals surface area contributed by atoms with Gasteiger partial charge in [-0.25, -0.2) is 4.79 Å². The lowest BCUT2D eigenvalue weighted by molar-refractivity contribution is -0.124. The number of alkyl halides is 3. The number of fused-ring (bicyclic) bond motifs is 2. The summed E-state index contributed by atoms with van der Waals surface area (Å²) in [5.41, 5.74) is 3.32. The third-order valence-electron chi connectivity index (χ3n) is 6.25. The monoisotopic (exact) mass is 492 g/mol. The molecule has 0 amide bonds. The lowest BCUT2D eigenvalue weighted by atomic mass is 10.1. The van der Waals surface area contributed by atoms with Crippen LogP contribution in [0.4, 0.5) is 13.2 Å². The Morgan fingerprint density at radius 2 is 1.72 bits per heavy atom. The molecule has 0 unspecified atom stereocenters. The van der Waals surface area contributed by atoms with Gasteiger partial charge in [-0.3, -0.25) is 9.55 Å². The molecule has 0 spiro atoms. The van der Waals surface area contributed by atoms with Crippen molar-refractivity contribution in [3.05, 3.63) is 77.1 Å². The van der Waals surface area contributed by atoms with Crippen LogP contribution in [0.2, 0.25) is 0 Å². The van der Waals surface area contributed by atoms with Gasteiger partial charge < -0.3 is 14.5 Å². The molecule has 10 heteroatoms. The first-order valence-electron chi connectivity index (χ1n) is 11.4. The van der Waals surface area contributed by atoms with Crippen LogP contribution in [0.1, 0.15) is 12.1 Å². The van der Waals surface area contributed by atoms with Crippen LogP contribution in [0, 0.1) is 11.3 Å². The van der Waals surface area contributed by atoms with E-state index in [9.17, 15) is 23.2 Å². The van der Waals surface area contributed by atoms with Gasteiger partial charge in [-0.1, -0.05) is 36.4 Å². The summed E-state index contributed by atoms with van der Waals surface area (Å²) in [5, 5.41) is 14.0. The van der Waals surface area contributed by atoms with Crippen molar-refractivity contribution in [2.75, 3.05) is 13.1 Å². The van der Waals surface area contributed by atoms with Crippen LogP contribution < -0.4 is 11.0 Å². The van der Waals surface area contributed by atoms with Crippen molar-refractivity contribution in [3.63, 3.8) is 0 Å². The van der Waals surface area contributed by atoms with Gasteiger partial charge in [-0.2, -0.15) is 18.4 Å². The number of aryl methyl sites for hydroxylation is 2. The second-order valence-corrected chi connectivity index (χ2v) is 8.64. The predicted octanol–water partition coefficient (Wildman–Crippen LogP) is 4.69. The molecule has 0 fully saturated rings. The van der Waals surface area contributed by atoms with E-state index in [-0.39, 0.29) is 12.2 Å². The lowest BCUT2D eigenvalue weighted by Crippen LogP contribution is -2.29. The standard InChI is InChI=1S/C26H23F3N6O/c1-33-15-23(18-8-3-4-9-21(18)33)35-24(20(13-30)32-25(35)36)19-14-34(22-10-5-2-7-17(19)22)12-6-11-31-16-26(27,28)29/h2-5,7-10,14-15,31H,6,11-12,16H2,1H3,(H,32,36). The van der Waals surface area contributed by atoms with Gasteiger partial charge in [0.25, 0.3) is 0 Å². The van der Waals surface area contributed by atoms with Crippen LogP contribution in [-0.4, -0.2) is 38.0 Å². The molecule has 184 valence electrons. The lowest BCUT2D eigenvalue weighted by Gasteiger charge is -2.09. The number of benzene rings is 2. The van der Waals surface area contributed by atoms with E-state index in [1.54, 1.807) is 0 Å². The normalized spacial score (nSPS) is 12.0. The van der Waals surface area contributed by atoms with E-state index in [4.69, 9.17) is 0 Å². The molecule has 3 heterocycles. The number of hydrogen-bond donors (Lipinski definition) is 2. The van der Waals surface area contributed by atoms with E-state index in [2.05, 4.69) is 16.4 Å². The topological polar surface area (TPSA) is 83.5 Å². The first kappa shape index (κ1) is 23.5. The number of hydrogen-bond acceptors (Lipinski definition) is 3. The zero-order chi connectivity index (χ0) is 25.4. The highest BCUT2D eigenvalue weighted by molar-refractivity contribution is 5.98. The summed E-state index contributed by atoms with van der Waals surface area (Å²) in [4.78, 5) is 15.8. The first-order valence-corrected chi connectivity index (χ1v) is 11.4. The van der Waals surface area contributed by atoms with Gasteiger partial charge in [0, 0.05) is 53.4 Å². The molecule has 0 aliphatic carbocycles. The zero-order valence-corrected chi connectivity index (χ0v) is 19.4. The summed E-state index contributed by atoms with van der Waals surface area (Å²) >= 11 is 0. The second kappa shape index (κ2) is 9.09. The molecule has 3 aromatic heterocycles. The molecular formula is C26H23F3N6O. The Hall–Kier alpha value is -4.23. The number of nitrogens with one attached hydrogen (secondary N) is 2. The summed E-state index contributed by atoms with van der Waals surface area (Å²) < 4.78 is 42.7. The van der Waals surface area contributed by atoms with Crippen molar-refractivity contribution in [1.29, 1.82) is 5.26 Å². The average Bonchev–Trinajstić information content (AvgIpc) is 3.49. The largest absolute Gasteiger partial charge is 0.401 e. The minimum atomic E-state index is -4.25. The Kier molecular flexibility index (Phi) is 5.94. The number of para-hydroxylation sites is 2. The molecule has 2 aromatic carbocycles. The summed E-state index contributed by atoms with van der Waals surface area (Å²) in [5.74, 6) is 0. The van der Waals surface area contributed by atoms with Crippen molar-refractivity contribution in [1.82, 2.24) is 24.0 Å². The van der Waals surface area contributed by atoms with Crippen LogP contribution in [0.15, 0.2) is 65.7 Å². The molecule has 0 saturated carbocycles. The van der Waals surface area contributed by atoms with Gasteiger partial charge in [0.15, 0.2) is 0 Å². The average molecular weight is 493 g/mol. The number of aromatic nitrogens is 4. The number of H-pyrrole nitrogens is 1. The highest BCUT2D eigenvalue weighted by Crippen LogP contribution is 2.35. The Morgan fingerprint density at radius 3 is 2.44 bits per heavy atom. The number of nitrogens with zero attached hydrogens (tertiary/aromatic N) is 4. The maximum absolute atomic E-state index is 13.2. The molecule has 0 atom stereocenters. The molecule has 5 rings (SSSR count). The fraction of sp³-hybridized carbons (Fsp3) is 0.231. The Morgan fingerprint density at radius 1 is 1.03 bits per heavy atom. The Balaban J connectivity index is 1.61. The molecule has 5 aromatic rings. The van der Waals surface area contributed by atoms with Crippen molar-refractivity contribution in [2.45, 2.75) is 19.1 Å². The number of imidazole rings is 1. The van der Waals surface area contributed by atoms with Crippen LogP contribution in [0.25, 0.3) is 38.8 Å². The van der Waals surface area contributed by atoms with Crippen LogP contribution >= 0.6 is 0 Å². The summed E-state index contributed by atoms with van der Waals surface area (Å²) in [6, 6.07) is 17.4. The van der Waals surface area contributed by atoms with Crippen LogP contribution in [-0.2, 0) is 13.6 Å². The van der Waals surface area contributed by atoms with Crippen LogP contribution in [0.5, 0.6) is 0 Å². The van der Waals surface area contributed by atoms with Gasteiger partial charge in [0.1, 0.15) is 11.8 Å². The summed E-state index contributed by atoms with van der Waals surface area (Å²) in [6.45, 7) is -0.358. The molecule has 0 aliphatic rings. The molecular weight excluding hydrogens is 469 g/mol. The maximum Gasteiger partial charge on any atom is 0.401 e. The quantitative estimate of drug-likeness (QED) is 0.323. The van der Waals surface area contributed by atoms with E-state index in [1.165, 1.54) is 4.57 Å².